The highest BCUT2D eigenvalue weighted by Gasteiger charge is 2.17. The molecular weight excluding hydrogens is 199 g/mol. The molecule has 0 radical (unpaired) electrons. The molecule has 1 aromatic rings. The van der Waals surface area contributed by atoms with Gasteiger partial charge in [0.05, 0.1) is 6.16 Å². The fourth-order valence-electron chi connectivity index (χ4n) is 1.74. The second-order valence-electron chi connectivity index (χ2n) is 5.50. The normalized spacial score (nSPS) is 13.9. The van der Waals surface area contributed by atoms with Crippen molar-refractivity contribution in [3.05, 3.63) is 35.4 Å². The molecule has 1 atom stereocenters. The molecule has 1 rings (SSSR count). The summed E-state index contributed by atoms with van der Waals surface area (Å²) in [7, 11) is -0.683. The van der Waals surface area contributed by atoms with Crippen molar-refractivity contribution >= 4 is 7.26 Å². The molecule has 0 nitrogen and oxygen atoms in total. The third kappa shape index (κ3) is 4.34. The van der Waals surface area contributed by atoms with E-state index in [1.54, 1.807) is 0 Å². The Morgan fingerprint density at radius 1 is 1.07 bits per heavy atom. The maximum absolute atomic E-state index is 2.40. The van der Waals surface area contributed by atoms with Gasteiger partial charge in [-0.25, -0.2) is 0 Å². The van der Waals surface area contributed by atoms with E-state index in [4.69, 9.17) is 0 Å². The van der Waals surface area contributed by atoms with Gasteiger partial charge >= 0.3 is 0 Å². The van der Waals surface area contributed by atoms with Crippen LogP contribution in [0, 0.1) is 0 Å². The highest BCUT2D eigenvalue weighted by atomic mass is 31.2. The molecule has 1 aromatic carbocycles. The van der Waals surface area contributed by atoms with Crippen LogP contribution in [0.1, 0.15) is 37.3 Å². The summed E-state index contributed by atoms with van der Waals surface area (Å²) < 4.78 is 0. The Hall–Kier alpha value is -0.350. The van der Waals surface area contributed by atoms with E-state index in [0.29, 0.717) is 5.92 Å². The van der Waals surface area contributed by atoms with Crippen molar-refractivity contribution in [1.82, 2.24) is 0 Å². The van der Waals surface area contributed by atoms with Crippen molar-refractivity contribution in [2.24, 2.45) is 0 Å². The van der Waals surface area contributed by atoms with Gasteiger partial charge in [-0.15, -0.1) is 0 Å². The lowest BCUT2D eigenvalue weighted by Gasteiger charge is -2.13. The fraction of sp³-hybridized carbons (Fsp3) is 0.571. The standard InChI is InChI=1S/C14H24P/c1-6-12(2)14-9-7-13(8-10-14)11-15(3,4)5/h7-10,12H,6,11H2,1-5H3/q+1. The Bertz CT molecular complexity index is 292. The van der Waals surface area contributed by atoms with Crippen LogP contribution in [-0.4, -0.2) is 20.0 Å². The van der Waals surface area contributed by atoms with Crippen molar-refractivity contribution in [1.29, 1.82) is 0 Å². The Balaban J connectivity index is 2.72. The van der Waals surface area contributed by atoms with Gasteiger partial charge in [0.2, 0.25) is 0 Å². The third-order valence-electron chi connectivity index (χ3n) is 2.82. The zero-order valence-electron chi connectivity index (χ0n) is 10.7. The second-order valence-corrected chi connectivity index (χ2v) is 10.4. The molecule has 0 aliphatic carbocycles. The van der Waals surface area contributed by atoms with Crippen molar-refractivity contribution < 1.29 is 0 Å². The molecule has 1 heteroatoms. The topological polar surface area (TPSA) is 0 Å². The Morgan fingerprint density at radius 2 is 1.60 bits per heavy atom. The molecular formula is C14H24P+. The first kappa shape index (κ1) is 12.7. The van der Waals surface area contributed by atoms with Gasteiger partial charge in [-0.2, -0.15) is 0 Å². The van der Waals surface area contributed by atoms with Crippen LogP contribution in [0.2, 0.25) is 0 Å². The van der Waals surface area contributed by atoms with E-state index in [2.05, 4.69) is 58.1 Å². The molecule has 1 unspecified atom stereocenters. The summed E-state index contributed by atoms with van der Waals surface area (Å²) in [6.07, 6.45) is 2.50. The molecule has 84 valence electrons. The SMILES string of the molecule is CCC(C)c1ccc(C[P+](C)(C)C)cc1. The van der Waals surface area contributed by atoms with Crippen molar-refractivity contribution in [2.75, 3.05) is 20.0 Å². The average Bonchev–Trinajstić information content (AvgIpc) is 2.15. The number of rotatable bonds is 4. The van der Waals surface area contributed by atoms with Crippen LogP contribution in [0.3, 0.4) is 0 Å². The number of hydrogen-bond acceptors (Lipinski definition) is 0. The van der Waals surface area contributed by atoms with Crippen LogP contribution in [0.4, 0.5) is 0 Å². The van der Waals surface area contributed by atoms with Gasteiger partial charge in [0.1, 0.15) is 0 Å². The predicted molar refractivity (Wildman–Crippen MR) is 73.5 cm³/mol. The van der Waals surface area contributed by atoms with E-state index in [1.807, 2.05) is 0 Å². The van der Waals surface area contributed by atoms with Crippen molar-refractivity contribution in [3.63, 3.8) is 0 Å². The highest BCUT2D eigenvalue weighted by Crippen LogP contribution is 2.49. The summed E-state index contributed by atoms with van der Waals surface area (Å²) in [6.45, 7) is 11.7. The minimum Gasteiger partial charge on any atom is -0.0648 e. The summed E-state index contributed by atoms with van der Waals surface area (Å²) in [5, 5.41) is 0. The molecule has 0 aliphatic rings. The van der Waals surface area contributed by atoms with Crippen LogP contribution in [0.15, 0.2) is 24.3 Å². The van der Waals surface area contributed by atoms with Gasteiger partial charge in [-0.05, 0) is 23.5 Å². The minimum atomic E-state index is -0.683. The van der Waals surface area contributed by atoms with Crippen molar-refractivity contribution in [2.45, 2.75) is 32.3 Å². The lowest BCUT2D eigenvalue weighted by Crippen LogP contribution is -1.94. The van der Waals surface area contributed by atoms with E-state index in [1.165, 1.54) is 23.7 Å². The van der Waals surface area contributed by atoms with Gasteiger partial charge in [0.15, 0.2) is 0 Å². The smallest absolute Gasteiger partial charge is 0.0648 e. The minimum absolute atomic E-state index is 0.683. The van der Waals surface area contributed by atoms with Gasteiger partial charge in [-0.1, -0.05) is 38.1 Å². The van der Waals surface area contributed by atoms with Gasteiger partial charge in [-0.3, -0.25) is 0 Å². The Morgan fingerprint density at radius 3 is 2.00 bits per heavy atom. The van der Waals surface area contributed by atoms with Gasteiger partial charge in [0.25, 0.3) is 0 Å². The lowest BCUT2D eigenvalue weighted by atomic mass is 9.98. The molecule has 0 spiro atoms. The number of benzene rings is 1. The molecule has 15 heavy (non-hydrogen) atoms. The van der Waals surface area contributed by atoms with Crippen LogP contribution in [0.25, 0.3) is 0 Å². The maximum Gasteiger partial charge on any atom is 0.0834 e. The molecule has 0 bridgehead atoms. The molecule has 0 heterocycles. The van der Waals surface area contributed by atoms with E-state index in [9.17, 15) is 0 Å². The third-order valence-corrected chi connectivity index (χ3v) is 4.13. The van der Waals surface area contributed by atoms with Gasteiger partial charge < -0.3 is 0 Å². The second kappa shape index (κ2) is 5.12. The van der Waals surface area contributed by atoms with Crippen LogP contribution in [-0.2, 0) is 6.16 Å². The van der Waals surface area contributed by atoms with E-state index in [0.717, 1.165) is 0 Å². The molecule has 0 aromatic heterocycles. The Kier molecular flexibility index (Phi) is 4.34. The summed E-state index contributed by atoms with van der Waals surface area (Å²) in [5.41, 5.74) is 2.98. The van der Waals surface area contributed by atoms with Crippen LogP contribution >= 0.6 is 7.26 Å². The zero-order valence-corrected chi connectivity index (χ0v) is 11.6. The first-order valence-electron chi connectivity index (χ1n) is 5.81. The summed E-state index contributed by atoms with van der Waals surface area (Å²) in [5.74, 6) is 0.698. The zero-order chi connectivity index (χ0) is 11.5. The summed E-state index contributed by atoms with van der Waals surface area (Å²) in [4.78, 5) is 0. The highest BCUT2D eigenvalue weighted by molar-refractivity contribution is 7.72. The van der Waals surface area contributed by atoms with E-state index < -0.39 is 7.26 Å². The molecule has 0 amide bonds. The first-order valence-corrected chi connectivity index (χ1v) is 9.13. The molecule has 0 aliphatic heterocycles. The van der Waals surface area contributed by atoms with Crippen LogP contribution < -0.4 is 0 Å². The quantitative estimate of drug-likeness (QED) is 0.654. The molecule has 0 saturated heterocycles. The van der Waals surface area contributed by atoms with E-state index in [-0.39, 0.29) is 0 Å². The maximum atomic E-state index is 2.40. The van der Waals surface area contributed by atoms with Crippen LogP contribution in [0.5, 0.6) is 0 Å². The van der Waals surface area contributed by atoms with Gasteiger partial charge in [0, 0.05) is 27.3 Å². The first-order chi connectivity index (χ1) is 6.92. The molecule has 0 N–H and O–H groups in total. The predicted octanol–water partition coefficient (Wildman–Crippen LogP) is 4.61. The largest absolute Gasteiger partial charge is 0.0834 e. The monoisotopic (exact) mass is 223 g/mol. The fourth-order valence-corrected chi connectivity index (χ4v) is 3.04. The Labute approximate surface area is 95.4 Å². The van der Waals surface area contributed by atoms with E-state index >= 15 is 0 Å². The summed E-state index contributed by atoms with van der Waals surface area (Å²) in [6, 6.07) is 9.23. The lowest BCUT2D eigenvalue weighted by molar-refractivity contribution is 0.733. The average molecular weight is 223 g/mol. The van der Waals surface area contributed by atoms with Crippen molar-refractivity contribution in [3.8, 4) is 0 Å². The number of hydrogen-bond donors (Lipinski definition) is 0. The summed E-state index contributed by atoms with van der Waals surface area (Å²) >= 11 is 0. The molecule has 0 saturated carbocycles. The molecule has 0 fully saturated rings.